The minimum absolute atomic E-state index is 0.00847. The second-order valence-electron chi connectivity index (χ2n) is 3.98. The van der Waals surface area contributed by atoms with Crippen LogP contribution in [0, 0.1) is 12.8 Å². The number of aryl methyl sites for hydroxylation is 1. The van der Waals surface area contributed by atoms with E-state index in [1.54, 1.807) is 0 Å². The average molecular weight is 207 g/mol. The Morgan fingerprint density at radius 1 is 1.27 bits per heavy atom. The van der Waals surface area contributed by atoms with E-state index in [1.165, 1.54) is 0 Å². The van der Waals surface area contributed by atoms with E-state index in [0.29, 0.717) is 0 Å². The Bertz CT molecular complexity index is 332. The molecule has 15 heavy (non-hydrogen) atoms. The number of hydrogen-bond acceptors (Lipinski definition) is 3. The van der Waals surface area contributed by atoms with Crippen LogP contribution in [-0.4, -0.2) is 16.1 Å². The number of nitrogens with zero attached hydrogens (tertiary/aromatic N) is 2. The van der Waals surface area contributed by atoms with Gasteiger partial charge in [0.05, 0.1) is 17.4 Å². The molecule has 1 amide bonds. The summed E-state index contributed by atoms with van der Waals surface area (Å²) in [6, 6.07) is 3.68. The van der Waals surface area contributed by atoms with E-state index in [-0.39, 0.29) is 17.9 Å². The minimum Gasteiger partial charge on any atom is -0.348 e. The molecule has 0 aliphatic heterocycles. The van der Waals surface area contributed by atoms with E-state index in [2.05, 4.69) is 15.5 Å². The summed E-state index contributed by atoms with van der Waals surface area (Å²) in [5.41, 5.74) is 1.66. The Morgan fingerprint density at radius 2 is 1.93 bits per heavy atom. The summed E-state index contributed by atoms with van der Waals surface area (Å²) in [4.78, 5) is 11.4. The molecule has 0 aliphatic rings. The number of hydrogen-bond donors (Lipinski definition) is 1. The second kappa shape index (κ2) is 4.87. The minimum atomic E-state index is -0.0898. The average Bonchev–Trinajstić information content (AvgIpc) is 2.18. The number of carbonyl (C=O) groups is 1. The van der Waals surface area contributed by atoms with Gasteiger partial charge in [-0.2, -0.15) is 10.2 Å². The Balaban J connectivity index is 2.65. The largest absolute Gasteiger partial charge is 0.348 e. The molecule has 4 nitrogen and oxygen atoms in total. The lowest BCUT2D eigenvalue weighted by atomic mass is 10.1. The number of rotatable bonds is 3. The van der Waals surface area contributed by atoms with E-state index in [1.807, 2.05) is 39.8 Å². The van der Waals surface area contributed by atoms with E-state index in [9.17, 15) is 4.79 Å². The van der Waals surface area contributed by atoms with Crippen LogP contribution < -0.4 is 5.32 Å². The molecule has 1 aromatic rings. The quantitative estimate of drug-likeness (QED) is 0.819. The Labute approximate surface area is 90.1 Å². The molecule has 4 heteroatoms. The van der Waals surface area contributed by atoms with E-state index < -0.39 is 0 Å². The lowest BCUT2D eigenvalue weighted by molar-refractivity contribution is -0.124. The monoisotopic (exact) mass is 207 g/mol. The van der Waals surface area contributed by atoms with E-state index in [4.69, 9.17) is 0 Å². The smallest absolute Gasteiger partial charge is 0.223 e. The van der Waals surface area contributed by atoms with Crippen LogP contribution in [0.25, 0.3) is 0 Å². The number of aromatic nitrogens is 2. The summed E-state index contributed by atoms with van der Waals surface area (Å²) in [6.45, 7) is 7.51. The molecule has 1 rings (SSSR count). The van der Waals surface area contributed by atoms with Crippen molar-refractivity contribution in [2.45, 2.75) is 33.7 Å². The highest BCUT2D eigenvalue weighted by Crippen LogP contribution is 2.09. The Hall–Kier alpha value is -1.45. The van der Waals surface area contributed by atoms with Gasteiger partial charge < -0.3 is 5.32 Å². The highest BCUT2D eigenvalue weighted by atomic mass is 16.1. The van der Waals surface area contributed by atoms with Gasteiger partial charge in [0.1, 0.15) is 0 Å². The predicted octanol–water partition coefficient (Wildman–Crippen LogP) is 1.62. The van der Waals surface area contributed by atoms with Crippen LogP contribution in [0.5, 0.6) is 0 Å². The third-order valence-electron chi connectivity index (χ3n) is 2.15. The fourth-order valence-electron chi connectivity index (χ4n) is 1.09. The Kier molecular flexibility index (Phi) is 3.77. The van der Waals surface area contributed by atoms with Gasteiger partial charge in [-0.3, -0.25) is 4.79 Å². The van der Waals surface area contributed by atoms with Crippen LogP contribution in [-0.2, 0) is 4.79 Å². The first-order valence-electron chi connectivity index (χ1n) is 5.11. The molecule has 1 aromatic heterocycles. The molecule has 1 unspecified atom stereocenters. The van der Waals surface area contributed by atoms with Gasteiger partial charge in [0.25, 0.3) is 0 Å². The van der Waals surface area contributed by atoms with Gasteiger partial charge in [-0.15, -0.1) is 0 Å². The fraction of sp³-hybridized carbons (Fsp3) is 0.545. The summed E-state index contributed by atoms with van der Waals surface area (Å²) in [5, 5.41) is 10.9. The zero-order valence-corrected chi connectivity index (χ0v) is 9.61. The maximum absolute atomic E-state index is 11.4. The van der Waals surface area contributed by atoms with Crippen molar-refractivity contribution < 1.29 is 4.79 Å². The van der Waals surface area contributed by atoms with Gasteiger partial charge in [0, 0.05) is 5.92 Å². The first kappa shape index (κ1) is 11.6. The lowest BCUT2D eigenvalue weighted by Gasteiger charge is -2.14. The topological polar surface area (TPSA) is 54.9 Å². The van der Waals surface area contributed by atoms with Gasteiger partial charge >= 0.3 is 0 Å². The number of carbonyl (C=O) groups excluding carboxylic acids is 1. The molecule has 0 radical (unpaired) electrons. The van der Waals surface area contributed by atoms with Gasteiger partial charge in [-0.25, -0.2) is 0 Å². The normalized spacial score (nSPS) is 12.6. The van der Waals surface area contributed by atoms with Crippen LogP contribution in [0.1, 0.15) is 38.2 Å². The van der Waals surface area contributed by atoms with Gasteiger partial charge in [-0.1, -0.05) is 13.8 Å². The summed E-state index contributed by atoms with van der Waals surface area (Å²) in [6.07, 6.45) is 0. The molecule has 82 valence electrons. The van der Waals surface area contributed by atoms with Crippen LogP contribution in [0.15, 0.2) is 12.1 Å². The van der Waals surface area contributed by atoms with Crippen LogP contribution in [0.3, 0.4) is 0 Å². The van der Waals surface area contributed by atoms with Crippen LogP contribution in [0.2, 0.25) is 0 Å². The third-order valence-corrected chi connectivity index (χ3v) is 2.15. The molecule has 0 saturated heterocycles. The molecule has 1 atom stereocenters. The van der Waals surface area contributed by atoms with E-state index >= 15 is 0 Å². The molecule has 0 bridgehead atoms. The molecule has 0 aromatic carbocycles. The molecule has 0 aliphatic carbocycles. The van der Waals surface area contributed by atoms with Crippen molar-refractivity contribution in [1.82, 2.24) is 15.5 Å². The molecule has 1 heterocycles. The maximum atomic E-state index is 11.4. The van der Waals surface area contributed by atoms with Crippen molar-refractivity contribution in [3.8, 4) is 0 Å². The first-order chi connectivity index (χ1) is 7.00. The number of nitrogens with one attached hydrogen (secondary N) is 1. The van der Waals surface area contributed by atoms with Gasteiger partial charge in [-0.05, 0) is 26.0 Å². The molecule has 0 fully saturated rings. The first-order valence-corrected chi connectivity index (χ1v) is 5.11. The predicted molar refractivity (Wildman–Crippen MR) is 58.2 cm³/mol. The Morgan fingerprint density at radius 3 is 2.40 bits per heavy atom. The van der Waals surface area contributed by atoms with Crippen molar-refractivity contribution in [3.63, 3.8) is 0 Å². The SMILES string of the molecule is Cc1ccc(C(C)NC(=O)C(C)C)nn1. The van der Waals surface area contributed by atoms with Crippen LogP contribution >= 0.6 is 0 Å². The maximum Gasteiger partial charge on any atom is 0.223 e. The van der Waals surface area contributed by atoms with Gasteiger partial charge in [0.15, 0.2) is 0 Å². The molecule has 1 N–H and O–H groups in total. The van der Waals surface area contributed by atoms with Crippen LogP contribution in [0.4, 0.5) is 0 Å². The molecular weight excluding hydrogens is 190 g/mol. The van der Waals surface area contributed by atoms with Crippen molar-refractivity contribution in [2.75, 3.05) is 0 Å². The summed E-state index contributed by atoms with van der Waals surface area (Å²) >= 11 is 0. The zero-order chi connectivity index (χ0) is 11.4. The molecule has 0 saturated carbocycles. The lowest BCUT2D eigenvalue weighted by Crippen LogP contribution is -2.30. The highest BCUT2D eigenvalue weighted by Gasteiger charge is 2.13. The fourth-order valence-corrected chi connectivity index (χ4v) is 1.09. The molecule has 0 spiro atoms. The third kappa shape index (κ3) is 3.31. The highest BCUT2D eigenvalue weighted by molar-refractivity contribution is 5.78. The standard InChI is InChI=1S/C11H17N3O/c1-7(2)11(15)12-9(4)10-6-5-8(3)13-14-10/h5-7,9H,1-4H3,(H,12,15). The second-order valence-corrected chi connectivity index (χ2v) is 3.98. The number of amides is 1. The van der Waals surface area contributed by atoms with Gasteiger partial charge in [0.2, 0.25) is 5.91 Å². The summed E-state index contributed by atoms with van der Waals surface area (Å²) in [7, 11) is 0. The van der Waals surface area contributed by atoms with Crippen molar-refractivity contribution >= 4 is 5.91 Å². The summed E-state index contributed by atoms with van der Waals surface area (Å²) < 4.78 is 0. The molecular formula is C11H17N3O. The zero-order valence-electron chi connectivity index (χ0n) is 9.61. The van der Waals surface area contributed by atoms with Crippen molar-refractivity contribution in [2.24, 2.45) is 5.92 Å². The van der Waals surface area contributed by atoms with E-state index in [0.717, 1.165) is 11.4 Å². The van der Waals surface area contributed by atoms with Crippen molar-refractivity contribution in [3.05, 3.63) is 23.5 Å². The summed E-state index contributed by atoms with van der Waals surface area (Å²) in [5.74, 6) is 0.0238. The van der Waals surface area contributed by atoms with Crippen molar-refractivity contribution in [1.29, 1.82) is 0 Å².